The molecule has 0 bridgehead atoms. The van der Waals surface area contributed by atoms with Crippen LogP contribution in [-0.4, -0.2) is 46.0 Å². The van der Waals surface area contributed by atoms with Crippen LogP contribution in [0.15, 0.2) is 65.7 Å². The lowest BCUT2D eigenvalue weighted by molar-refractivity contribution is 0.595. The maximum Gasteiger partial charge on any atom is 0.191 e. The Morgan fingerprint density at radius 2 is 1.44 bits per heavy atom. The lowest BCUT2D eigenvalue weighted by Crippen LogP contribution is -2.40. The van der Waals surface area contributed by atoms with Gasteiger partial charge in [-0.25, -0.2) is 8.42 Å². The zero-order chi connectivity index (χ0) is 19.5. The summed E-state index contributed by atoms with van der Waals surface area (Å²) in [5, 5.41) is 6.36. The molecule has 2 N–H and O–H groups in total. The minimum Gasteiger partial charge on any atom is -0.356 e. The van der Waals surface area contributed by atoms with Crippen LogP contribution in [0.2, 0.25) is 0 Å². The molecule has 0 saturated carbocycles. The Kier molecular flexibility index (Phi) is 8.33. The Bertz CT molecular complexity index is 766. The van der Waals surface area contributed by atoms with Crippen molar-refractivity contribution in [3.63, 3.8) is 0 Å². The van der Waals surface area contributed by atoms with E-state index in [1.54, 1.807) is 14.0 Å². The first-order valence-corrected chi connectivity index (χ1v) is 11.1. The van der Waals surface area contributed by atoms with Gasteiger partial charge in [-0.05, 0) is 17.5 Å². The van der Waals surface area contributed by atoms with Crippen LogP contribution in [0, 0.1) is 0 Å². The third-order valence-corrected chi connectivity index (χ3v) is 6.20. The molecule has 27 heavy (non-hydrogen) atoms. The van der Waals surface area contributed by atoms with Crippen LogP contribution in [0.25, 0.3) is 0 Å². The van der Waals surface area contributed by atoms with Gasteiger partial charge in [-0.2, -0.15) is 0 Å². The Morgan fingerprint density at radius 1 is 0.926 bits per heavy atom. The van der Waals surface area contributed by atoms with Crippen LogP contribution in [0.3, 0.4) is 0 Å². The van der Waals surface area contributed by atoms with Gasteiger partial charge in [0.15, 0.2) is 15.8 Å². The molecule has 0 aliphatic heterocycles. The first-order chi connectivity index (χ1) is 13.1. The van der Waals surface area contributed by atoms with Gasteiger partial charge in [0.1, 0.15) is 0 Å². The normalized spacial score (nSPS) is 12.2. The minimum atomic E-state index is -2.97. The molecule has 0 radical (unpaired) electrons. The maximum atomic E-state index is 11.6. The van der Waals surface area contributed by atoms with Gasteiger partial charge in [-0.15, -0.1) is 0 Å². The summed E-state index contributed by atoms with van der Waals surface area (Å²) in [5.41, 5.74) is 2.56. The molecule has 0 fully saturated rings. The summed E-state index contributed by atoms with van der Waals surface area (Å²) in [6.45, 7) is 2.75. The second-order valence-corrected chi connectivity index (χ2v) is 8.80. The summed E-state index contributed by atoms with van der Waals surface area (Å²) in [4.78, 5) is 4.18. The van der Waals surface area contributed by atoms with E-state index in [9.17, 15) is 8.42 Å². The lowest BCUT2D eigenvalue weighted by atomic mass is 9.88. The van der Waals surface area contributed by atoms with Gasteiger partial charge in [0.05, 0.1) is 5.75 Å². The van der Waals surface area contributed by atoms with Crippen LogP contribution in [-0.2, 0) is 9.84 Å². The van der Waals surface area contributed by atoms with Crippen molar-refractivity contribution in [2.45, 2.75) is 19.3 Å². The van der Waals surface area contributed by atoms with Crippen molar-refractivity contribution in [2.24, 2.45) is 4.99 Å². The van der Waals surface area contributed by atoms with Gasteiger partial charge in [0.25, 0.3) is 0 Å². The molecular formula is C21H29N3O2S. The van der Waals surface area contributed by atoms with E-state index in [2.05, 4.69) is 64.2 Å². The van der Waals surface area contributed by atoms with Gasteiger partial charge >= 0.3 is 0 Å². The van der Waals surface area contributed by atoms with Crippen molar-refractivity contribution in [3.8, 4) is 0 Å². The van der Waals surface area contributed by atoms with Crippen LogP contribution < -0.4 is 10.6 Å². The number of nitrogens with zero attached hydrogens (tertiary/aromatic N) is 1. The predicted octanol–water partition coefficient (Wildman–Crippen LogP) is 2.81. The van der Waals surface area contributed by atoms with Crippen molar-refractivity contribution >= 4 is 15.8 Å². The number of sulfone groups is 1. The maximum absolute atomic E-state index is 11.6. The second kappa shape index (κ2) is 10.7. The molecule has 0 aromatic heterocycles. The number of hydrogen-bond acceptors (Lipinski definition) is 3. The fourth-order valence-electron chi connectivity index (χ4n) is 2.92. The summed E-state index contributed by atoms with van der Waals surface area (Å²) in [7, 11) is -1.28. The zero-order valence-electron chi connectivity index (χ0n) is 16.1. The molecule has 0 heterocycles. The van der Waals surface area contributed by atoms with E-state index in [1.807, 2.05) is 12.1 Å². The number of hydrogen-bond donors (Lipinski definition) is 2. The molecule has 0 aliphatic carbocycles. The zero-order valence-corrected chi connectivity index (χ0v) is 16.9. The Morgan fingerprint density at radius 3 is 1.93 bits per heavy atom. The highest BCUT2D eigenvalue weighted by Crippen LogP contribution is 2.27. The summed E-state index contributed by atoms with van der Waals surface area (Å²) in [5.74, 6) is 1.19. The molecule has 0 unspecified atom stereocenters. The van der Waals surface area contributed by atoms with Crippen molar-refractivity contribution in [1.82, 2.24) is 10.6 Å². The van der Waals surface area contributed by atoms with Gasteiger partial charge in [-0.1, -0.05) is 67.6 Å². The van der Waals surface area contributed by atoms with E-state index >= 15 is 0 Å². The first kappa shape index (κ1) is 21.0. The third kappa shape index (κ3) is 7.06. The Balaban J connectivity index is 1.93. The summed E-state index contributed by atoms with van der Waals surface area (Å²) in [6.07, 6.45) is 0.905. The molecule has 2 aromatic rings. The number of nitrogens with one attached hydrogen (secondary N) is 2. The Hall–Kier alpha value is -2.34. The molecule has 146 valence electrons. The molecule has 5 nitrogen and oxygen atoms in total. The molecule has 0 saturated heterocycles. The van der Waals surface area contributed by atoms with Gasteiger partial charge in [0.2, 0.25) is 0 Å². The monoisotopic (exact) mass is 387 g/mol. The number of guanidine groups is 1. The van der Waals surface area contributed by atoms with Crippen LogP contribution >= 0.6 is 0 Å². The molecule has 0 aliphatic rings. The summed E-state index contributed by atoms with van der Waals surface area (Å²) < 4.78 is 23.2. The van der Waals surface area contributed by atoms with Crippen molar-refractivity contribution in [3.05, 3.63) is 71.8 Å². The Labute approximate surface area is 162 Å². The fourth-order valence-corrected chi connectivity index (χ4v) is 3.62. The molecule has 0 spiro atoms. The topological polar surface area (TPSA) is 70.6 Å². The number of aliphatic imine (C=N–C) groups is 1. The van der Waals surface area contributed by atoms with Crippen LogP contribution in [0.4, 0.5) is 0 Å². The van der Waals surface area contributed by atoms with E-state index in [-0.39, 0.29) is 11.5 Å². The van der Waals surface area contributed by atoms with Crippen molar-refractivity contribution < 1.29 is 8.42 Å². The summed E-state index contributed by atoms with van der Waals surface area (Å²) in [6, 6.07) is 20.9. The molecular weight excluding hydrogens is 358 g/mol. The van der Waals surface area contributed by atoms with Crippen LogP contribution in [0.1, 0.15) is 30.4 Å². The van der Waals surface area contributed by atoms with E-state index in [0.29, 0.717) is 18.4 Å². The highest BCUT2D eigenvalue weighted by atomic mass is 32.2. The van der Waals surface area contributed by atoms with Crippen molar-refractivity contribution in [2.75, 3.05) is 31.6 Å². The second-order valence-electron chi connectivity index (χ2n) is 6.32. The van der Waals surface area contributed by atoms with Gasteiger partial charge < -0.3 is 10.6 Å². The molecule has 2 rings (SSSR count). The highest BCUT2D eigenvalue weighted by Gasteiger charge is 2.14. The molecule has 0 atom stereocenters. The lowest BCUT2D eigenvalue weighted by Gasteiger charge is -2.19. The van der Waals surface area contributed by atoms with Crippen LogP contribution in [0.5, 0.6) is 0 Å². The molecule has 0 amide bonds. The van der Waals surface area contributed by atoms with Gasteiger partial charge in [-0.3, -0.25) is 4.99 Å². The van der Waals surface area contributed by atoms with Gasteiger partial charge in [0, 0.05) is 31.8 Å². The SMILES string of the molecule is CCS(=O)(=O)CCNC(=NC)NCCC(c1ccccc1)c1ccccc1. The quantitative estimate of drug-likeness (QED) is 0.513. The highest BCUT2D eigenvalue weighted by molar-refractivity contribution is 7.91. The predicted molar refractivity (Wildman–Crippen MR) is 113 cm³/mol. The van der Waals surface area contributed by atoms with E-state index in [0.717, 1.165) is 13.0 Å². The van der Waals surface area contributed by atoms with E-state index in [4.69, 9.17) is 0 Å². The number of rotatable bonds is 9. The minimum absolute atomic E-state index is 0.112. The first-order valence-electron chi connectivity index (χ1n) is 9.30. The van der Waals surface area contributed by atoms with E-state index < -0.39 is 9.84 Å². The molecule has 6 heteroatoms. The number of benzene rings is 2. The third-order valence-electron chi connectivity index (χ3n) is 4.50. The average Bonchev–Trinajstić information content (AvgIpc) is 2.71. The fraction of sp³-hybridized carbons (Fsp3) is 0.381. The smallest absolute Gasteiger partial charge is 0.191 e. The van der Waals surface area contributed by atoms with E-state index in [1.165, 1.54) is 11.1 Å². The largest absolute Gasteiger partial charge is 0.356 e. The van der Waals surface area contributed by atoms with Crippen molar-refractivity contribution in [1.29, 1.82) is 0 Å². The molecule has 2 aromatic carbocycles. The average molecular weight is 388 g/mol. The summed E-state index contributed by atoms with van der Waals surface area (Å²) >= 11 is 0. The standard InChI is InChI=1S/C21H29N3O2S/c1-3-27(25,26)17-16-24-21(22-2)23-15-14-20(18-10-6-4-7-11-18)19-12-8-5-9-13-19/h4-13,20H,3,14-17H2,1-2H3,(H2,22,23,24).